The first-order chi connectivity index (χ1) is 15.4. The molecule has 0 saturated heterocycles. The molecule has 7 heteroatoms. The van der Waals surface area contributed by atoms with Gasteiger partial charge in [0.25, 0.3) is 5.91 Å². The molecule has 180 valence electrons. The monoisotopic (exact) mass is 492 g/mol. The second kappa shape index (κ2) is 11.8. The van der Waals surface area contributed by atoms with Gasteiger partial charge in [-0.3, -0.25) is 9.59 Å². The maximum absolute atomic E-state index is 13.2. The molecule has 0 saturated carbocycles. The summed E-state index contributed by atoms with van der Waals surface area (Å²) < 4.78 is 5.76. The van der Waals surface area contributed by atoms with E-state index in [1.165, 1.54) is 10.5 Å². The molecule has 0 heterocycles. The SMILES string of the molecule is CC[C@@H](C)NC(=O)[C@@H](C)N(Cc1ccc(Cl)c(Cl)c1)C(=O)COc1ccc(C(C)(C)C)cc1. The number of amides is 2. The number of benzene rings is 2. The molecule has 0 unspecified atom stereocenters. The third-order valence-electron chi connectivity index (χ3n) is 5.59. The van der Waals surface area contributed by atoms with Gasteiger partial charge < -0.3 is 15.0 Å². The van der Waals surface area contributed by atoms with Crippen molar-refractivity contribution in [2.75, 3.05) is 6.61 Å². The summed E-state index contributed by atoms with van der Waals surface area (Å²) in [4.78, 5) is 27.4. The van der Waals surface area contributed by atoms with Crippen LogP contribution in [0.2, 0.25) is 10.0 Å². The number of ether oxygens (including phenoxy) is 1. The summed E-state index contributed by atoms with van der Waals surface area (Å²) in [6.45, 7) is 12.1. The fourth-order valence-electron chi connectivity index (χ4n) is 3.16. The van der Waals surface area contributed by atoms with Crippen molar-refractivity contribution in [3.05, 3.63) is 63.6 Å². The molecule has 2 atom stereocenters. The molecule has 0 aromatic heterocycles. The van der Waals surface area contributed by atoms with Gasteiger partial charge in [0.1, 0.15) is 11.8 Å². The van der Waals surface area contributed by atoms with Crippen LogP contribution in [0.15, 0.2) is 42.5 Å². The number of rotatable bonds is 9. The van der Waals surface area contributed by atoms with E-state index in [0.29, 0.717) is 15.8 Å². The Kier molecular flexibility index (Phi) is 9.62. The van der Waals surface area contributed by atoms with Gasteiger partial charge in [-0.05, 0) is 61.1 Å². The third-order valence-corrected chi connectivity index (χ3v) is 6.33. The zero-order chi connectivity index (χ0) is 24.8. The minimum absolute atomic E-state index is 0.0134. The van der Waals surface area contributed by atoms with Crippen molar-refractivity contribution in [1.29, 1.82) is 0 Å². The summed E-state index contributed by atoms with van der Waals surface area (Å²) in [7, 11) is 0. The Morgan fingerprint density at radius 2 is 1.67 bits per heavy atom. The van der Waals surface area contributed by atoms with Crippen LogP contribution in [0, 0.1) is 0 Å². The number of nitrogens with zero attached hydrogens (tertiary/aromatic N) is 1. The van der Waals surface area contributed by atoms with E-state index in [4.69, 9.17) is 27.9 Å². The Hall–Kier alpha value is -2.24. The molecule has 1 N–H and O–H groups in total. The summed E-state index contributed by atoms with van der Waals surface area (Å²) in [5.74, 6) is 0.0857. The van der Waals surface area contributed by atoms with Crippen LogP contribution < -0.4 is 10.1 Å². The summed E-state index contributed by atoms with van der Waals surface area (Å²) in [5.41, 5.74) is 1.98. The normalized spacial score (nSPS) is 13.2. The lowest BCUT2D eigenvalue weighted by atomic mass is 9.87. The van der Waals surface area contributed by atoms with Crippen LogP contribution in [0.25, 0.3) is 0 Å². The van der Waals surface area contributed by atoms with E-state index in [-0.39, 0.29) is 36.4 Å². The van der Waals surface area contributed by atoms with Crippen molar-refractivity contribution in [1.82, 2.24) is 10.2 Å². The van der Waals surface area contributed by atoms with E-state index >= 15 is 0 Å². The van der Waals surface area contributed by atoms with Crippen LogP contribution in [0.3, 0.4) is 0 Å². The predicted octanol–water partition coefficient (Wildman–Crippen LogP) is 6.00. The minimum atomic E-state index is -0.687. The van der Waals surface area contributed by atoms with E-state index in [1.807, 2.05) is 38.1 Å². The van der Waals surface area contributed by atoms with E-state index in [9.17, 15) is 9.59 Å². The van der Waals surface area contributed by atoms with Gasteiger partial charge in [-0.15, -0.1) is 0 Å². The topological polar surface area (TPSA) is 58.6 Å². The van der Waals surface area contributed by atoms with Gasteiger partial charge in [-0.25, -0.2) is 0 Å². The standard InChI is InChI=1S/C26H34Cl2N2O3/c1-7-17(2)29-25(32)18(3)30(15-19-8-13-22(27)23(28)14-19)24(31)16-33-21-11-9-20(10-12-21)26(4,5)6/h8-14,17-18H,7,15-16H2,1-6H3,(H,29,32)/t17-,18-/m1/s1. The molecule has 0 aliphatic rings. The molecule has 33 heavy (non-hydrogen) atoms. The molecule has 5 nitrogen and oxygen atoms in total. The Bertz CT molecular complexity index is 955. The van der Waals surface area contributed by atoms with E-state index in [2.05, 4.69) is 26.1 Å². The molecule has 2 amide bonds. The predicted molar refractivity (Wildman–Crippen MR) is 135 cm³/mol. The van der Waals surface area contributed by atoms with Gasteiger partial charge in [0.15, 0.2) is 6.61 Å². The lowest BCUT2D eigenvalue weighted by molar-refractivity contribution is -0.142. The smallest absolute Gasteiger partial charge is 0.261 e. The number of halogens is 2. The van der Waals surface area contributed by atoms with Crippen molar-refractivity contribution in [3.63, 3.8) is 0 Å². The second-order valence-corrected chi connectivity index (χ2v) is 10.1. The van der Waals surface area contributed by atoms with Gasteiger partial charge in [0.05, 0.1) is 10.0 Å². The molecular weight excluding hydrogens is 459 g/mol. The first-order valence-corrected chi connectivity index (χ1v) is 11.9. The summed E-state index contributed by atoms with van der Waals surface area (Å²) in [5, 5.41) is 3.77. The number of nitrogens with one attached hydrogen (secondary N) is 1. The number of hydrogen-bond acceptors (Lipinski definition) is 3. The van der Waals surface area contributed by atoms with Crippen molar-refractivity contribution >= 4 is 35.0 Å². The van der Waals surface area contributed by atoms with Crippen LogP contribution >= 0.6 is 23.2 Å². The van der Waals surface area contributed by atoms with Crippen molar-refractivity contribution in [2.45, 2.75) is 72.0 Å². The van der Waals surface area contributed by atoms with Crippen molar-refractivity contribution in [2.24, 2.45) is 0 Å². The lowest BCUT2D eigenvalue weighted by Crippen LogP contribution is -2.50. The molecule has 2 aromatic carbocycles. The van der Waals surface area contributed by atoms with E-state index in [0.717, 1.165) is 12.0 Å². The van der Waals surface area contributed by atoms with Crippen LogP contribution in [-0.4, -0.2) is 35.4 Å². The second-order valence-electron chi connectivity index (χ2n) is 9.33. The fourth-order valence-corrected chi connectivity index (χ4v) is 3.48. The van der Waals surface area contributed by atoms with Gasteiger partial charge in [-0.2, -0.15) is 0 Å². The van der Waals surface area contributed by atoms with Crippen LogP contribution in [0.1, 0.15) is 59.1 Å². The Labute approximate surface area is 207 Å². The van der Waals surface area contributed by atoms with E-state index in [1.54, 1.807) is 25.1 Å². The molecule has 2 aromatic rings. The van der Waals surface area contributed by atoms with E-state index < -0.39 is 6.04 Å². The molecule has 0 aliphatic carbocycles. The van der Waals surface area contributed by atoms with Crippen molar-refractivity contribution in [3.8, 4) is 5.75 Å². The Balaban J connectivity index is 2.17. The summed E-state index contributed by atoms with van der Waals surface area (Å²) in [6, 6.07) is 12.2. The zero-order valence-corrected chi connectivity index (χ0v) is 21.8. The average Bonchev–Trinajstić information content (AvgIpc) is 2.77. The van der Waals surface area contributed by atoms with Gasteiger partial charge in [0, 0.05) is 12.6 Å². The fraction of sp³-hybridized carbons (Fsp3) is 0.462. The third kappa shape index (κ3) is 7.94. The maximum atomic E-state index is 13.2. The minimum Gasteiger partial charge on any atom is -0.484 e. The highest BCUT2D eigenvalue weighted by Crippen LogP contribution is 2.25. The van der Waals surface area contributed by atoms with Crippen LogP contribution in [0.4, 0.5) is 0 Å². The highest BCUT2D eigenvalue weighted by Gasteiger charge is 2.27. The molecule has 0 bridgehead atoms. The maximum Gasteiger partial charge on any atom is 0.261 e. The van der Waals surface area contributed by atoms with Crippen molar-refractivity contribution < 1.29 is 14.3 Å². The van der Waals surface area contributed by atoms with Gasteiger partial charge in [-0.1, -0.05) is 69.1 Å². The van der Waals surface area contributed by atoms with Crippen LogP contribution in [-0.2, 0) is 21.5 Å². The Morgan fingerprint density at radius 3 is 2.21 bits per heavy atom. The number of carbonyl (C=O) groups is 2. The molecule has 0 radical (unpaired) electrons. The number of hydrogen-bond donors (Lipinski definition) is 1. The highest BCUT2D eigenvalue weighted by molar-refractivity contribution is 6.42. The zero-order valence-electron chi connectivity index (χ0n) is 20.2. The first kappa shape index (κ1) is 27.0. The van der Waals surface area contributed by atoms with Gasteiger partial charge in [0.2, 0.25) is 5.91 Å². The lowest BCUT2D eigenvalue weighted by Gasteiger charge is -2.29. The molecule has 0 aliphatic heterocycles. The Morgan fingerprint density at radius 1 is 1.03 bits per heavy atom. The quantitative estimate of drug-likeness (QED) is 0.466. The van der Waals surface area contributed by atoms with Crippen LogP contribution in [0.5, 0.6) is 5.75 Å². The average molecular weight is 493 g/mol. The summed E-state index contributed by atoms with van der Waals surface area (Å²) >= 11 is 12.2. The number of carbonyl (C=O) groups excluding carboxylic acids is 2. The largest absolute Gasteiger partial charge is 0.484 e. The van der Waals surface area contributed by atoms with Gasteiger partial charge >= 0.3 is 0 Å². The molecular formula is C26H34Cl2N2O3. The molecule has 2 rings (SSSR count). The molecule has 0 fully saturated rings. The highest BCUT2D eigenvalue weighted by atomic mass is 35.5. The molecule has 0 spiro atoms. The summed E-state index contributed by atoms with van der Waals surface area (Å²) in [6.07, 6.45) is 0.798. The first-order valence-electron chi connectivity index (χ1n) is 11.2.